The van der Waals surface area contributed by atoms with Crippen LogP contribution in [0.5, 0.6) is 11.5 Å². The van der Waals surface area contributed by atoms with Crippen molar-refractivity contribution in [2.24, 2.45) is 5.73 Å². The number of carbonyl (C=O) groups excluding carboxylic acids is 2. The van der Waals surface area contributed by atoms with Gasteiger partial charge < -0.3 is 20.2 Å². The number of primary amides is 1. The van der Waals surface area contributed by atoms with Crippen molar-refractivity contribution in [1.29, 1.82) is 0 Å². The SMILES string of the molecule is COc1ccc(C(N)=O)c(O[C@H](C)C(=O)c2c(C)[nH]c3ccccc23)c1. The molecule has 134 valence electrons. The molecular formula is C20H20N2O4. The summed E-state index contributed by atoms with van der Waals surface area (Å²) in [5.41, 5.74) is 7.84. The predicted octanol–water partition coefficient (Wildman–Crippen LogP) is 3.23. The molecule has 0 saturated carbocycles. The summed E-state index contributed by atoms with van der Waals surface area (Å²) in [5.74, 6) is -0.0908. The van der Waals surface area contributed by atoms with Crippen LogP contribution in [0.25, 0.3) is 10.9 Å². The summed E-state index contributed by atoms with van der Waals surface area (Å²) < 4.78 is 11.0. The Hall–Kier alpha value is -3.28. The van der Waals surface area contributed by atoms with Gasteiger partial charge in [0, 0.05) is 28.2 Å². The standard InChI is InChI=1S/C20H20N2O4/c1-11-18(14-6-4-5-7-16(14)22-11)19(23)12(2)26-17-10-13(25-3)8-9-15(17)20(21)24/h4-10,12,22H,1-3H3,(H2,21,24)/t12-/m1/s1. The number of hydrogen-bond donors (Lipinski definition) is 2. The number of benzene rings is 2. The van der Waals surface area contributed by atoms with Gasteiger partial charge in [-0.05, 0) is 32.0 Å². The molecular weight excluding hydrogens is 332 g/mol. The van der Waals surface area contributed by atoms with E-state index in [2.05, 4.69) is 4.98 Å². The van der Waals surface area contributed by atoms with Crippen LogP contribution in [0.3, 0.4) is 0 Å². The van der Waals surface area contributed by atoms with Gasteiger partial charge in [0.25, 0.3) is 5.91 Å². The zero-order valence-electron chi connectivity index (χ0n) is 14.8. The van der Waals surface area contributed by atoms with Crippen molar-refractivity contribution >= 4 is 22.6 Å². The molecule has 6 nitrogen and oxygen atoms in total. The number of fused-ring (bicyclic) bond motifs is 1. The fraction of sp³-hybridized carbons (Fsp3) is 0.200. The minimum atomic E-state index is -0.807. The van der Waals surface area contributed by atoms with E-state index in [0.717, 1.165) is 16.6 Å². The number of para-hydroxylation sites is 1. The number of methoxy groups -OCH3 is 1. The predicted molar refractivity (Wildman–Crippen MR) is 99.0 cm³/mol. The van der Waals surface area contributed by atoms with Gasteiger partial charge in [0.2, 0.25) is 5.78 Å². The van der Waals surface area contributed by atoms with Crippen molar-refractivity contribution < 1.29 is 19.1 Å². The summed E-state index contributed by atoms with van der Waals surface area (Å²) >= 11 is 0. The Bertz CT molecular complexity index is 991. The van der Waals surface area contributed by atoms with Crippen LogP contribution in [0.4, 0.5) is 0 Å². The lowest BCUT2D eigenvalue weighted by Gasteiger charge is -2.16. The molecule has 0 aliphatic heterocycles. The molecule has 1 amide bonds. The van der Waals surface area contributed by atoms with Crippen LogP contribution < -0.4 is 15.2 Å². The van der Waals surface area contributed by atoms with Gasteiger partial charge in [-0.3, -0.25) is 9.59 Å². The highest BCUT2D eigenvalue weighted by Crippen LogP contribution is 2.28. The fourth-order valence-corrected chi connectivity index (χ4v) is 2.97. The number of amides is 1. The third-order valence-electron chi connectivity index (χ3n) is 4.27. The Balaban J connectivity index is 1.95. The van der Waals surface area contributed by atoms with E-state index >= 15 is 0 Å². The van der Waals surface area contributed by atoms with E-state index in [1.807, 2.05) is 31.2 Å². The first-order chi connectivity index (χ1) is 12.4. The molecule has 0 bridgehead atoms. The van der Waals surface area contributed by atoms with Gasteiger partial charge in [0.1, 0.15) is 11.5 Å². The summed E-state index contributed by atoms with van der Waals surface area (Å²) in [6.07, 6.45) is -0.807. The van der Waals surface area contributed by atoms with Crippen LogP contribution in [0.2, 0.25) is 0 Å². The van der Waals surface area contributed by atoms with E-state index in [1.54, 1.807) is 19.1 Å². The zero-order valence-corrected chi connectivity index (χ0v) is 14.8. The molecule has 2 aromatic carbocycles. The Morgan fingerprint density at radius 2 is 1.88 bits per heavy atom. The summed E-state index contributed by atoms with van der Waals surface area (Å²) in [6, 6.07) is 12.3. The third-order valence-corrected chi connectivity index (χ3v) is 4.27. The summed E-state index contributed by atoms with van der Waals surface area (Å²) in [6.45, 7) is 3.49. The van der Waals surface area contributed by atoms with Crippen molar-refractivity contribution in [2.75, 3.05) is 7.11 Å². The van der Waals surface area contributed by atoms with Crippen molar-refractivity contribution in [2.45, 2.75) is 20.0 Å². The number of ketones is 1. The zero-order chi connectivity index (χ0) is 18.8. The Morgan fingerprint density at radius 1 is 1.15 bits per heavy atom. The third kappa shape index (κ3) is 3.13. The smallest absolute Gasteiger partial charge is 0.252 e. The van der Waals surface area contributed by atoms with Crippen LogP contribution >= 0.6 is 0 Å². The molecule has 0 unspecified atom stereocenters. The maximum atomic E-state index is 13.0. The normalized spacial score (nSPS) is 12.0. The molecule has 0 fully saturated rings. The number of rotatable bonds is 6. The van der Waals surface area contributed by atoms with Gasteiger partial charge in [-0.1, -0.05) is 18.2 Å². The highest BCUT2D eigenvalue weighted by molar-refractivity contribution is 6.11. The summed E-state index contributed by atoms with van der Waals surface area (Å²) in [7, 11) is 1.51. The van der Waals surface area contributed by atoms with Crippen LogP contribution in [-0.4, -0.2) is 29.9 Å². The Kier molecular flexibility index (Phi) is 4.67. The van der Waals surface area contributed by atoms with Gasteiger partial charge >= 0.3 is 0 Å². The summed E-state index contributed by atoms with van der Waals surface area (Å²) in [5, 5.41) is 0.839. The number of nitrogens with one attached hydrogen (secondary N) is 1. The van der Waals surface area contributed by atoms with E-state index in [0.29, 0.717) is 11.3 Å². The van der Waals surface area contributed by atoms with E-state index in [9.17, 15) is 9.59 Å². The second-order valence-corrected chi connectivity index (χ2v) is 6.02. The largest absolute Gasteiger partial charge is 0.497 e. The quantitative estimate of drug-likeness (QED) is 0.666. The van der Waals surface area contributed by atoms with Crippen LogP contribution in [-0.2, 0) is 0 Å². The van der Waals surface area contributed by atoms with Gasteiger partial charge in [-0.2, -0.15) is 0 Å². The Morgan fingerprint density at radius 3 is 2.58 bits per heavy atom. The summed E-state index contributed by atoms with van der Waals surface area (Å²) in [4.78, 5) is 27.8. The molecule has 0 radical (unpaired) electrons. The molecule has 0 aliphatic carbocycles. The Labute approximate surface area is 150 Å². The second-order valence-electron chi connectivity index (χ2n) is 6.02. The molecule has 26 heavy (non-hydrogen) atoms. The van der Waals surface area contributed by atoms with Crippen LogP contribution in [0.1, 0.15) is 33.3 Å². The fourth-order valence-electron chi connectivity index (χ4n) is 2.97. The number of aryl methyl sites for hydroxylation is 1. The second kappa shape index (κ2) is 6.92. The van der Waals surface area contributed by atoms with Crippen LogP contribution in [0.15, 0.2) is 42.5 Å². The topological polar surface area (TPSA) is 94.4 Å². The molecule has 1 atom stereocenters. The highest BCUT2D eigenvalue weighted by Gasteiger charge is 2.24. The van der Waals surface area contributed by atoms with E-state index < -0.39 is 12.0 Å². The number of nitrogens with two attached hydrogens (primary N) is 1. The molecule has 1 aromatic heterocycles. The maximum Gasteiger partial charge on any atom is 0.252 e. The van der Waals surface area contributed by atoms with Gasteiger partial charge in [-0.15, -0.1) is 0 Å². The highest BCUT2D eigenvalue weighted by atomic mass is 16.5. The minimum absolute atomic E-state index is 0.182. The van der Waals surface area contributed by atoms with Crippen molar-refractivity contribution in [1.82, 2.24) is 4.98 Å². The maximum absolute atomic E-state index is 13.0. The molecule has 0 spiro atoms. The molecule has 3 N–H and O–H groups in total. The molecule has 3 rings (SSSR count). The molecule has 3 aromatic rings. The van der Waals surface area contributed by atoms with E-state index in [1.165, 1.54) is 13.2 Å². The lowest BCUT2D eigenvalue weighted by atomic mass is 10.0. The van der Waals surface area contributed by atoms with E-state index in [4.69, 9.17) is 15.2 Å². The molecule has 0 aliphatic rings. The molecule has 1 heterocycles. The van der Waals surface area contributed by atoms with Crippen LogP contribution in [0, 0.1) is 6.92 Å². The van der Waals surface area contributed by atoms with Crippen molar-refractivity contribution in [3.63, 3.8) is 0 Å². The van der Waals surface area contributed by atoms with Gasteiger partial charge in [0.15, 0.2) is 6.10 Å². The number of Topliss-reactive ketones (excluding diaryl/α,β-unsaturated/α-hetero) is 1. The monoisotopic (exact) mass is 352 g/mol. The first-order valence-corrected chi connectivity index (χ1v) is 8.18. The number of aromatic amines is 1. The van der Waals surface area contributed by atoms with Gasteiger partial charge in [-0.25, -0.2) is 0 Å². The number of hydrogen-bond acceptors (Lipinski definition) is 4. The lowest BCUT2D eigenvalue weighted by molar-refractivity contribution is 0.0811. The van der Waals surface area contributed by atoms with Crippen molar-refractivity contribution in [3.8, 4) is 11.5 Å². The molecule has 0 saturated heterocycles. The first kappa shape index (κ1) is 17.5. The number of carbonyl (C=O) groups is 2. The minimum Gasteiger partial charge on any atom is -0.497 e. The number of aromatic nitrogens is 1. The van der Waals surface area contributed by atoms with Gasteiger partial charge in [0.05, 0.1) is 12.7 Å². The average Bonchev–Trinajstić information content (AvgIpc) is 2.96. The van der Waals surface area contributed by atoms with Crippen molar-refractivity contribution in [3.05, 3.63) is 59.3 Å². The van der Waals surface area contributed by atoms with E-state index in [-0.39, 0.29) is 17.1 Å². The lowest BCUT2D eigenvalue weighted by Crippen LogP contribution is -2.26. The average molecular weight is 352 g/mol. The number of H-pyrrole nitrogens is 1. The first-order valence-electron chi connectivity index (χ1n) is 8.18. The number of ether oxygens (including phenoxy) is 2. The molecule has 6 heteroatoms.